The van der Waals surface area contributed by atoms with Crippen LogP contribution in [0.15, 0.2) is 29.2 Å². The van der Waals surface area contributed by atoms with Gasteiger partial charge in [-0.25, -0.2) is 23.5 Å². The van der Waals surface area contributed by atoms with Gasteiger partial charge in [0, 0.05) is 31.6 Å². The molecule has 0 bridgehead atoms. The van der Waals surface area contributed by atoms with Gasteiger partial charge in [0.25, 0.3) is 0 Å². The van der Waals surface area contributed by atoms with Gasteiger partial charge in [-0.05, 0) is 36.6 Å². The van der Waals surface area contributed by atoms with Crippen molar-refractivity contribution >= 4 is 21.7 Å². The third-order valence-electron chi connectivity index (χ3n) is 4.45. The van der Waals surface area contributed by atoms with Crippen molar-refractivity contribution in [1.82, 2.24) is 9.97 Å². The highest BCUT2D eigenvalue weighted by Gasteiger charge is 2.21. The van der Waals surface area contributed by atoms with Gasteiger partial charge in [0.15, 0.2) is 0 Å². The smallest absolute Gasteiger partial charge is 0.238 e. The molecule has 1 aliphatic heterocycles. The lowest BCUT2D eigenvalue weighted by Crippen LogP contribution is -2.31. The fraction of sp³-hybridized carbons (Fsp3) is 0.444. The largest absolute Gasteiger partial charge is 0.370 e. The highest BCUT2D eigenvalue weighted by atomic mass is 32.2. The minimum absolute atomic E-state index is 0.150. The van der Waals surface area contributed by atoms with Crippen molar-refractivity contribution in [2.75, 3.05) is 23.3 Å². The van der Waals surface area contributed by atoms with Gasteiger partial charge in [-0.15, -0.1) is 0 Å². The molecular weight excluding hydrogens is 350 g/mol. The predicted molar refractivity (Wildman–Crippen MR) is 103 cm³/mol. The van der Waals surface area contributed by atoms with E-state index in [4.69, 9.17) is 10.1 Å². The molecule has 0 fully saturated rings. The molecule has 2 heterocycles. The molecule has 1 aromatic heterocycles. The molecule has 1 aromatic carbocycles. The summed E-state index contributed by atoms with van der Waals surface area (Å²) in [5.74, 6) is 2.68. The lowest BCUT2D eigenvalue weighted by atomic mass is 10.00. The Labute approximate surface area is 154 Å². The second-order valence-corrected chi connectivity index (χ2v) is 8.36. The van der Waals surface area contributed by atoms with Crippen molar-refractivity contribution in [2.45, 2.75) is 44.6 Å². The molecule has 140 valence electrons. The van der Waals surface area contributed by atoms with Crippen LogP contribution in [0.25, 0.3) is 0 Å². The molecule has 0 aliphatic carbocycles. The number of aromatic nitrogens is 2. The van der Waals surface area contributed by atoms with E-state index >= 15 is 0 Å². The minimum Gasteiger partial charge on any atom is -0.370 e. The van der Waals surface area contributed by atoms with E-state index in [1.165, 1.54) is 0 Å². The summed E-state index contributed by atoms with van der Waals surface area (Å²) in [6.45, 7) is 8.37. The maximum Gasteiger partial charge on any atom is 0.238 e. The Morgan fingerprint density at radius 2 is 2.00 bits per heavy atom. The van der Waals surface area contributed by atoms with Gasteiger partial charge in [-0.3, -0.25) is 0 Å². The fourth-order valence-electron chi connectivity index (χ4n) is 3.05. The normalized spacial score (nSPS) is 14.4. The topological polar surface area (TPSA) is 101 Å². The molecule has 0 unspecified atom stereocenters. The fourth-order valence-corrected chi connectivity index (χ4v) is 3.61. The molecule has 0 spiro atoms. The standard InChI is InChI=1S/C18H25N5O2S/c1-4-20-16-10-17(22-18(21-16)12(2)3)23-8-7-13-5-6-15(26(19,24)25)9-14(13)11-23/h5-6,9-10,12H,4,7-8,11H2,1-3H3,(H2,19,24,25)(H,20,21,22). The molecule has 0 saturated carbocycles. The number of primary sulfonamides is 1. The highest BCUT2D eigenvalue weighted by Crippen LogP contribution is 2.27. The van der Waals surface area contributed by atoms with Crippen LogP contribution in [0.2, 0.25) is 0 Å². The van der Waals surface area contributed by atoms with Gasteiger partial charge in [-0.1, -0.05) is 19.9 Å². The summed E-state index contributed by atoms with van der Waals surface area (Å²) < 4.78 is 23.3. The third kappa shape index (κ3) is 3.96. The predicted octanol–water partition coefficient (Wildman–Crippen LogP) is 2.24. The Kier molecular flexibility index (Phi) is 5.15. The summed E-state index contributed by atoms with van der Waals surface area (Å²) in [7, 11) is -3.70. The van der Waals surface area contributed by atoms with E-state index in [2.05, 4.69) is 29.0 Å². The van der Waals surface area contributed by atoms with Crippen molar-refractivity contribution in [3.8, 4) is 0 Å². The van der Waals surface area contributed by atoms with Crippen LogP contribution in [0, 0.1) is 0 Å². The van der Waals surface area contributed by atoms with Crippen molar-refractivity contribution in [2.24, 2.45) is 5.14 Å². The second-order valence-electron chi connectivity index (χ2n) is 6.80. The number of fused-ring (bicyclic) bond motifs is 1. The summed E-state index contributed by atoms with van der Waals surface area (Å²) in [4.78, 5) is 11.6. The van der Waals surface area contributed by atoms with Gasteiger partial charge in [0.05, 0.1) is 4.90 Å². The van der Waals surface area contributed by atoms with E-state index in [0.717, 1.165) is 48.1 Å². The molecule has 26 heavy (non-hydrogen) atoms. The number of hydrogen-bond donors (Lipinski definition) is 2. The van der Waals surface area contributed by atoms with E-state index in [0.29, 0.717) is 6.54 Å². The van der Waals surface area contributed by atoms with Crippen molar-refractivity contribution in [3.05, 3.63) is 41.2 Å². The number of nitrogens with two attached hydrogens (primary N) is 1. The molecule has 3 N–H and O–H groups in total. The molecule has 3 rings (SSSR count). The average Bonchev–Trinajstić information content (AvgIpc) is 2.60. The van der Waals surface area contributed by atoms with Gasteiger partial charge < -0.3 is 10.2 Å². The van der Waals surface area contributed by atoms with Gasteiger partial charge in [0.2, 0.25) is 10.0 Å². The summed E-state index contributed by atoms with van der Waals surface area (Å²) in [6, 6.07) is 7.06. The van der Waals surface area contributed by atoms with Crippen LogP contribution in [0.3, 0.4) is 0 Å². The minimum atomic E-state index is -3.70. The van der Waals surface area contributed by atoms with Crippen molar-refractivity contribution in [3.63, 3.8) is 0 Å². The molecular formula is C18H25N5O2S. The molecule has 0 radical (unpaired) electrons. The summed E-state index contributed by atoms with van der Waals surface area (Å²) >= 11 is 0. The van der Waals surface area contributed by atoms with Crippen LogP contribution >= 0.6 is 0 Å². The van der Waals surface area contributed by atoms with Gasteiger partial charge in [0.1, 0.15) is 17.5 Å². The second kappa shape index (κ2) is 7.20. The first-order valence-corrected chi connectivity index (χ1v) is 10.3. The van der Waals surface area contributed by atoms with Crippen LogP contribution in [-0.2, 0) is 23.0 Å². The monoisotopic (exact) mass is 375 g/mol. The number of benzene rings is 1. The SMILES string of the molecule is CCNc1cc(N2CCc3ccc(S(N)(=O)=O)cc3C2)nc(C(C)C)n1. The van der Waals surface area contributed by atoms with E-state index in [9.17, 15) is 8.42 Å². The number of nitrogens with one attached hydrogen (secondary N) is 1. The van der Waals surface area contributed by atoms with E-state index < -0.39 is 10.0 Å². The zero-order chi connectivity index (χ0) is 18.9. The molecule has 7 nitrogen and oxygen atoms in total. The van der Waals surface area contributed by atoms with Crippen LogP contribution in [0.5, 0.6) is 0 Å². The van der Waals surface area contributed by atoms with Crippen LogP contribution in [-0.4, -0.2) is 31.5 Å². The Morgan fingerprint density at radius 1 is 1.23 bits per heavy atom. The zero-order valence-electron chi connectivity index (χ0n) is 15.4. The molecule has 2 aromatic rings. The summed E-state index contributed by atoms with van der Waals surface area (Å²) in [6.07, 6.45) is 0.831. The van der Waals surface area contributed by atoms with Crippen LogP contribution in [0.1, 0.15) is 43.6 Å². The maximum absolute atomic E-state index is 11.6. The Balaban J connectivity index is 1.95. The third-order valence-corrected chi connectivity index (χ3v) is 5.36. The molecule has 0 saturated heterocycles. The molecule has 0 amide bonds. The number of rotatable bonds is 5. The molecule has 0 atom stereocenters. The summed E-state index contributed by atoms with van der Waals surface area (Å²) in [5, 5.41) is 8.53. The maximum atomic E-state index is 11.6. The van der Waals surface area contributed by atoms with Crippen molar-refractivity contribution < 1.29 is 8.42 Å². The Morgan fingerprint density at radius 3 is 2.65 bits per heavy atom. The first-order valence-electron chi connectivity index (χ1n) is 8.80. The first kappa shape index (κ1) is 18.6. The number of hydrogen-bond acceptors (Lipinski definition) is 6. The first-order chi connectivity index (χ1) is 12.3. The molecule has 8 heteroatoms. The zero-order valence-corrected chi connectivity index (χ0v) is 16.2. The van der Waals surface area contributed by atoms with E-state index in [1.54, 1.807) is 12.1 Å². The quantitative estimate of drug-likeness (QED) is 0.831. The number of nitrogens with zero attached hydrogens (tertiary/aromatic N) is 3. The number of anilines is 2. The van der Waals surface area contributed by atoms with E-state index in [-0.39, 0.29) is 10.8 Å². The van der Waals surface area contributed by atoms with Crippen molar-refractivity contribution in [1.29, 1.82) is 0 Å². The average molecular weight is 375 g/mol. The Bertz CT molecular complexity index is 912. The number of sulfonamides is 1. The highest BCUT2D eigenvalue weighted by molar-refractivity contribution is 7.89. The van der Waals surface area contributed by atoms with Gasteiger partial charge in [-0.2, -0.15) is 0 Å². The Hall–Kier alpha value is -2.19. The molecule has 1 aliphatic rings. The lowest BCUT2D eigenvalue weighted by molar-refractivity contribution is 0.597. The van der Waals surface area contributed by atoms with E-state index in [1.807, 2.05) is 19.1 Å². The lowest BCUT2D eigenvalue weighted by Gasteiger charge is -2.30. The van der Waals surface area contributed by atoms with Crippen LogP contribution in [0.4, 0.5) is 11.6 Å². The van der Waals surface area contributed by atoms with Crippen LogP contribution < -0.4 is 15.4 Å². The summed E-state index contributed by atoms with van der Waals surface area (Å²) in [5.41, 5.74) is 2.12. The van der Waals surface area contributed by atoms with Gasteiger partial charge >= 0.3 is 0 Å².